The number of nitrogens with one attached hydrogen (secondary N) is 1. The molecule has 0 aromatic heterocycles. The van der Waals surface area contributed by atoms with Gasteiger partial charge in [0.15, 0.2) is 0 Å². The Morgan fingerprint density at radius 3 is 2.84 bits per heavy atom. The zero-order valence-corrected chi connectivity index (χ0v) is 10.7. The number of hydrogen-bond donors (Lipinski definition) is 2. The second-order valence-electron chi connectivity index (χ2n) is 4.65. The Hall–Kier alpha value is -2.28. The molecule has 1 rings (SSSR count). The Bertz CT molecular complexity index is 511. The van der Waals surface area contributed by atoms with E-state index < -0.39 is 16.2 Å². The molecule has 102 valence electrons. The van der Waals surface area contributed by atoms with Crippen molar-refractivity contribution in [1.29, 1.82) is 0 Å². The lowest BCUT2D eigenvalue weighted by Gasteiger charge is -2.14. The van der Waals surface area contributed by atoms with Crippen LogP contribution < -0.4 is 5.43 Å². The van der Waals surface area contributed by atoms with Crippen LogP contribution in [-0.2, 0) is 0 Å². The molecule has 2 N–H and O–H groups in total. The molecule has 7 heteroatoms. The molecule has 0 saturated heterocycles. The maximum absolute atomic E-state index is 11.7. The number of rotatable bonds is 5. The van der Waals surface area contributed by atoms with Gasteiger partial charge in [-0.3, -0.25) is 14.9 Å². The highest BCUT2D eigenvalue weighted by molar-refractivity contribution is 5.95. The zero-order chi connectivity index (χ0) is 14.5. The Morgan fingerprint density at radius 1 is 1.58 bits per heavy atom. The molecule has 0 fully saturated rings. The second-order valence-corrected chi connectivity index (χ2v) is 4.65. The first-order chi connectivity index (χ1) is 8.85. The van der Waals surface area contributed by atoms with E-state index in [0.29, 0.717) is 0 Å². The third-order valence-corrected chi connectivity index (χ3v) is 2.31. The lowest BCUT2D eigenvalue weighted by molar-refractivity contribution is -0.384. The highest BCUT2D eigenvalue weighted by Crippen LogP contribution is 2.13. The second kappa shape index (κ2) is 6.05. The minimum Gasteiger partial charge on any atom is -0.395 e. The van der Waals surface area contributed by atoms with Crippen LogP contribution in [0.25, 0.3) is 0 Å². The van der Waals surface area contributed by atoms with Crippen molar-refractivity contribution >= 4 is 17.8 Å². The minimum atomic E-state index is -0.574. The fourth-order valence-electron chi connectivity index (χ4n) is 1.13. The quantitative estimate of drug-likeness (QED) is 0.476. The van der Waals surface area contributed by atoms with Crippen LogP contribution in [0.4, 0.5) is 5.69 Å². The molecule has 0 bridgehead atoms. The van der Waals surface area contributed by atoms with Gasteiger partial charge in [0, 0.05) is 29.3 Å². The van der Waals surface area contributed by atoms with Crippen LogP contribution in [0.1, 0.15) is 24.2 Å². The van der Waals surface area contributed by atoms with Gasteiger partial charge >= 0.3 is 0 Å². The number of hydrogen-bond acceptors (Lipinski definition) is 5. The summed E-state index contributed by atoms with van der Waals surface area (Å²) in [4.78, 5) is 21.7. The fourth-order valence-corrected chi connectivity index (χ4v) is 1.13. The first-order valence-corrected chi connectivity index (χ1v) is 5.55. The first kappa shape index (κ1) is 14.8. The summed E-state index contributed by atoms with van der Waals surface area (Å²) in [6.45, 7) is 3.38. The molecule has 1 amide bonds. The lowest BCUT2D eigenvalue weighted by Crippen LogP contribution is -2.23. The normalized spacial score (nSPS) is 11.5. The van der Waals surface area contributed by atoms with Gasteiger partial charge in [0.25, 0.3) is 11.6 Å². The maximum atomic E-state index is 11.7. The molecule has 19 heavy (non-hydrogen) atoms. The van der Waals surface area contributed by atoms with Gasteiger partial charge in [-0.1, -0.05) is 19.9 Å². The van der Waals surface area contributed by atoms with E-state index in [1.807, 2.05) is 0 Å². The number of carbonyl (C=O) groups excluding carboxylic acids is 1. The van der Waals surface area contributed by atoms with Crippen LogP contribution in [0.15, 0.2) is 29.4 Å². The number of aliphatic hydroxyl groups excluding tert-OH is 1. The molecule has 1 aromatic rings. The molecular weight excluding hydrogens is 250 g/mol. The number of nitro groups is 1. The Balaban J connectivity index is 2.74. The average molecular weight is 265 g/mol. The number of benzene rings is 1. The summed E-state index contributed by atoms with van der Waals surface area (Å²) in [5.41, 5.74) is 1.69. The van der Waals surface area contributed by atoms with Gasteiger partial charge in [0.1, 0.15) is 0 Å². The molecule has 7 nitrogen and oxygen atoms in total. The van der Waals surface area contributed by atoms with Gasteiger partial charge < -0.3 is 5.11 Å². The Labute approximate surface area is 110 Å². The largest absolute Gasteiger partial charge is 0.395 e. The molecule has 0 unspecified atom stereocenters. The van der Waals surface area contributed by atoms with Crippen molar-refractivity contribution < 1.29 is 14.8 Å². The molecule has 0 aliphatic carbocycles. The van der Waals surface area contributed by atoms with Crippen LogP contribution in [-0.4, -0.2) is 28.8 Å². The van der Waals surface area contributed by atoms with E-state index in [-0.39, 0.29) is 17.9 Å². The van der Waals surface area contributed by atoms with Gasteiger partial charge in [0.05, 0.1) is 11.5 Å². The molecule has 0 radical (unpaired) electrons. The van der Waals surface area contributed by atoms with Crippen molar-refractivity contribution in [3.8, 4) is 0 Å². The number of nitrogens with zero attached hydrogens (tertiary/aromatic N) is 2. The fraction of sp³-hybridized carbons (Fsp3) is 0.333. The number of aliphatic hydroxyl groups is 1. The molecule has 0 aliphatic heterocycles. The highest BCUT2D eigenvalue weighted by atomic mass is 16.6. The lowest BCUT2D eigenvalue weighted by atomic mass is 9.97. The van der Waals surface area contributed by atoms with Crippen molar-refractivity contribution in [2.24, 2.45) is 10.5 Å². The monoisotopic (exact) mass is 265 g/mol. The molecule has 0 atom stereocenters. The van der Waals surface area contributed by atoms with E-state index in [1.165, 1.54) is 30.5 Å². The molecule has 0 saturated carbocycles. The smallest absolute Gasteiger partial charge is 0.271 e. The molecule has 0 spiro atoms. The molecule has 1 aromatic carbocycles. The van der Waals surface area contributed by atoms with Crippen molar-refractivity contribution in [2.75, 3.05) is 6.61 Å². The predicted molar refractivity (Wildman–Crippen MR) is 69.9 cm³/mol. The van der Waals surface area contributed by atoms with Crippen molar-refractivity contribution in [3.63, 3.8) is 0 Å². The summed E-state index contributed by atoms with van der Waals surface area (Å²) in [7, 11) is 0. The van der Waals surface area contributed by atoms with Crippen LogP contribution in [0, 0.1) is 15.5 Å². The van der Waals surface area contributed by atoms with E-state index in [9.17, 15) is 14.9 Å². The number of non-ortho nitro benzene ring substituents is 1. The van der Waals surface area contributed by atoms with Gasteiger partial charge in [-0.15, -0.1) is 0 Å². The average Bonchev–Trinajstić information content (AvgIpc) is 2.38. The van der Waals surface area contributed by atoms with Crippen molar-refractivity contribution in [2.45, 2.75) is 13.8 Å². The topological polar surface area (TPSA) is 105 Å². The standard InChI is InChI=1S/C12H15N3O4/c1-12(2,8-16)7-13-14-11(17)9-4-3-5-10(6-9)15(18)19/h3-7,16H,8H2,1-2H3,(H,14,17)/b13-7+. The number of amides is 1. The van der Waals surface area contributed by atoms with E-state index in [1.54, 1.807) is 13.8 Å². The minimum absolute atomic E-state index is 0.108. The number of carbonyl (C=O) groups is 1. The molecule has 0 aliphatic rings. The van der Waals surface area contributed by atoms with E-state index in [2.05, 4.69) is 10.5 Å². The Morgan fingerprint density at radius 2 is 2.26 bits per heavy atom. The first-order valence-electron chi connectivity index (χ1n) is 5.55. The number of hydrazone groups is 1. The maximum Gasteiger partial charge on any atom is 0.271 e. The molecular formula is C12H15N3O4. The van der Waals surface area contributed by atoms with Crippen LogP contribution in [0.5, 0.6) is 0 Å². The van der Waals surface area contributed by atoms with Crippen molar-refractivity contribution in [1.82, 2.24) is 5.43 Å². The van der Waals surface area contributed by atoms with Gasteiger partial charge in [-0.25, -0.2) is 5.43 Å². The Kier molecular flexibility index (Phi) is 4.71. The summed E-state index contributed by atoms with van der Waals surface area (Å²) in [6, 6.07) is 5.35. The molecule has 0 heterocycles. The third-order valence-electron chi connectivity index (χ3n) is 2.31. The van der Waals surface area contributed by atoms with E-state index in [0.717, 1.165) is 0 Å². The SMILES string of the molecule is CC(C)(/C=N/NC(=O)c1cccc([N+](=O)[O-])c1)CO. The van der Waals surface area contributed by atoms with Crippen molar-refractivity contribution in [3.05, 3.63) is 39.9 Å². The van der Waals surface area contributed by atoms with Gasteiger partial charge in [-0.05, 0) is 6.07 Å². The predicted octanol–water partition coefficient (Wildman–Crippen LogP) is 1.33. The van der Waals surface area contributed by atoms with E-state index in [4.69, 9.17) is 5.11 Å². The summed E-state index contributed by atoms with van der Waals surface area (Å²) >= 11 is 0. The van der Waals surface area contributed by atoms with Crippen LogP contribution in [0.3, 0.4) is 0 Å². The highest BCUT2D eigenvalue weighted by Gasteiger charge is 2.14. The zero-order valence-electron chi connectivity index (χ0n) is 10.7. The van der Waals surface area contributed by atoms with Gasteiger partial charge in [0.2, 0.25) is 0 Å². The third kappa shape index (κ3) is 4.47. The number of nitro benzene ring substituents is 1. The van der Waals surface area contributed by atoms with Crippen LogP contribution >= 0.6 is 0 Å². The van der Waals surface area contributed by atoms with Crippen LogP contribution in [0.2, 0.25) is 0 Å². The van der Waals surface area contributed by atoms with E-state index >= 15 is 0 Å². The summed E-state index contributed by atoms with van der Waals surface area (Å²) in [6.07, 6.45) is 1.41. The summed E-state index contributed by atoms with van der Waals surface area (Å²) < 4.78 is 0. The van der Waals surface area contributed by atoms with Gasteiger partial charge in [-0.2, -0.15) is 5.10 Å². The summed E-state index contributed by atoms with van der Waals surface area (Å²) in [5.74, 6) is -0.548. The summed E-state index contributed by atoms with van der Waals surface area (Å²) in [5, 5.41) is 23.3.